The van der Waals surface area contributed by atoms with Crippen molar-refractivity contribution < 1.29 is 0 Å². The number of nitrogens with zero attached hydrogens (tertiary/aromatic N) is 2. The summed E-state index contributed by atoms with van der Waals surface area (Å²) < 4.78 is 0. The van der Waals surface area contributed by atoms with E-state index in [-0.39, 0.29) is 18.0 Å². The fourth-order valence-electron chi connectivity index (χ4n) is 2.78. The Morgan fingerprint density at radius 3 is 2.44 bits per heavy atom. The highest BCUT2D eigenvalue weighted by Crippen LogP contribution is 2.25. The highest BCUT2D eigenvalue weighted by atomic mass is 35.5. The molecule has 18 heavy (non-hydrogen) atoms. The van der Waals surface area contributed by atoms with Gasteiger partial charge in [0.1, 0.15) is 0 Å². The molecular weight excluding hydrogens is 252 g/mol. The van der Waals surface area contributed by atoms with Gasteiger partial charge in [0.2, 0.25) is 0 Å². The van der Waals surface area contributed by atoms with E-state index in [2.05, 4.69) is 20.4 Å². The largest absolute Gasteiger partial charge is 0.352 e. The van der Waals surface area contributed by atoms with Crippen LogP contribution >= 0.6 is 12.4 Å². The van der Waals surface area contributed by atoms with Gasteiger partial charge in [0.15, 0.2) is 5.82 Å². The van der Waals surface area contributed by atoms with E-state index in [1.54, 1.807) is 0 Å². The first kappa shape index (κ1) is 13.4. The highest BCUT2D eigenvalue weighted by Gasteiger charge is 2.22. The van der Waals surface area contributed by atoms with Gasteiger partial charge in [-0.15, -0.1) is 12.4 Å². The first-order valence-electron chi connectivity index (χ1n) is 6.42. The lowest BCUT2D eigenvalue weighted by molar-refractivity contribution is 0.574. The van der Waals surface area contributed by atoms with E-state index in [4.69, 9.17) is 0 Å². The number of anilines is 1. The summed E-state index contributed by atoms with van der Waals surface area (Å²) >= 11 is 0. The van der Waals surface area contributed by atoms with Crippen LogP contribution in [-0.4, -0.2) is 36.4 Å². The first-order valence-corrected chi connectivity index (χ1v) is 6.42. The molecule has 0 unspecified atom stereocenters. The second-order valence-corrected chi connectivity index (χ2v) is 4.78. The molecule has 0 spiro atoms. The van der Waals surface area contributed by atoms with Crippen molar-refractivity contribution in [2.45, 2.75) is 25.7 Å². The normalized spacial score (nSPS) is 19.0. The van der Waals surface area contributed by atoms with Gasteiger partial charge in [-0.1, -0.05) is 0 Å². The zero-order valence-corrected chi connectivity index (χ0v) is 11.2. The Kier molecular flexibility index (Phi) is 4.24. The van der Waals surface area contributed by atoms with Gasteiger partial charge in [-0.25, -0.2) is 5.10 Å². The second-order valence-electron chi connectivity index (χ2n) is 4.78. The van der Waals surface area contributed by atoms with Crippen LogP contribution in [0.25, 0.3) is 0 Å². The summed E-state index contributed by atoms with van der Waals surface area (Å²) in [6.45, 7) is 3.95. The van der Waals surface area contributed by atoms with Gasteiger partial charge < -0.3 is 10.2 Å². The molecule has 0 atom stereocenters. The van der Waals surface area contributed by atoms with Gasteiger partial charge in [0.05, 0.1) is 0 Å². The molecule has 2 N–H and O–H groups in total. The number of fused-ring (bicyclic) bond motifs is 1. The molecule has 3 rings (SSSR count). The minimum Gasteiger partial charge on any atom is -0.352 e. The molecule has 1 fully saturated rings. The summed E-state index contributed by atoms with van der Waals surface area (Å²) in [6, 6.07) is 0. The van der Waals surface area contributed by atoms with Crippen molar-refractivity contribution in [1.82, 2.24) is 15.5 Å². The summed E-state index contributed by atoms with van der Waals surface area (Å²) in [5, 5.41) is 10.3. The van der Waals surface area contributed by atoms with Gasteiger partial charge in [0, 0.05) is 37.3 Å². The molecule has 1 aliphatic heterocycles. The van der Waals surface area contributed by atoms with E-state index in [1.807, 2.05) is 0 Å². The number of aromatic nitrogens is 2. The number of aromatic amines is 1. The number of H-pyrrole nitrogens is 1. The molecule has 6 heteroatoms. The summed E-state index contributed by atoms with van der Waals surface area (Å²) in [5.74, 6) is 1.01. The Bertz CT molecular complexity index is 468. The van der Waals surface area contributed by atoms with Crippen molar-refractivity contribution in [3.63, 3.8) is 0 Å². The minimum absolute atomic E-state index is 0. The molecule has 0 aromatic carbocycles. The minimum atomic E-state index is 0. The Hall–Kier alpha value is -1.07. The molecule has 2 heterocycles. The maximum Gasteiger partial charge on any atom is 0.267 e. The SMILES string of the molecule is Cl.O=c1[nH]nc(N2CCNCC2)c2c1CCCC2. The average molecular weight is 271 g/mol. The number of rotatable bonds is 1. The molecule has 5 nitrogen and oxygen atoms in total. The van der Waals surface area contributed by atoms with Crippen LogP contribution in [0.4, 0.5) is 5.82 Å². The Morgan fingerprint density at radius 2 is 1.72 bits per heavy atom. The molecule has 0 amide bonds. The Morgan fingerprint density at radius 1 is 1.06 bits per heavy atom. The Labute approximate surface area is 112 Å². The zero-order valence-electron chi connectivity index (χ0n) is 10.4. The highest BCUT2D eigenvalue weighted by molar-refractivity contribution is 5.85. The molecule has 0 bridgehead atoms. The average Bonchev–Trinajstić information content (AvgIpc) is 2.41. The van der Waals surface area contributed by atoms with Crippen molar-refractivity contribution in [2.75, 3.05) is 31.1 Å². The van der Waals surface area contributed by atoms with Gasteiger partial charge >= 0.3 is 0 Å². The molecule has 1 saturated heterocycles. The third kappa shape index (κ3) is 2.37. The molecule has 100 valence electrons. The van der Waals surface area contributed by atoms with E-state index >= 15 is 0 Å². The van der Waals surface area contributed by atoms with E-state index < -0.39 is 0 Å². The fraction of sp³-hybridized carbons (Fsp3) is 0.667. The molecule has 0 saturated carbocycles. The van der Waals surface area contributed by atoms with Crippen LogP contribution in [0.3, 0.4) is 0 Å². The molecule has 2 aliphatic rings. The van der Waals surface area contributed by atoms with Crippen LogP contribution in [0.15, 0.2) is 4.79 Å². The molecule has 0 radical (unpaired) electrons. The van der Waals surface area contributed by atoms with Crippen molar-refractivity contribution in [3.8, 4) is 0 Å². The van der Waals surface area contributed by atoms with Gasteiger partial charge in [-0.2, -0.15) is 5.10 Å². The standard InChI is InChI=1S/C12H18N4O.ClH/c17-12-10-4-2-1-3-9(10)11(14-15-12)16-7-5-13-6-8-16;/h13H,1-8H2,(H,15,17);1H. The third-order valence-corrected chi connectivity index (χ3v) is 3.69. The predicted octanol–water partition coefficient (Wildman–Crippen LogP) is 0.480. The van der Waals surface area contributed by atoms with Crippen molar-refractivity contribution in [3.05, 3.63) is 21.5 Å². The van der Waals surface area contributed by atoms with E-state index in [1.165, 1.54) is 12.0 Å². The van der Waals surface area contributed by atoms with Crippen LogP contribution in [-0.2, 0) is 12.8 Å². The molecule has 1 aromatic rings. The summed E-state index contributed by atoms with van der Waals surface area (Å²) in [4.78, 5) is 14.0. The van der Waals surface area contributed by atoms with Crippen LogP contribution in [0.5, 0.6) is 0 Å². The van der Waals surface area contributed by atoms with E-state index in [9.17, 15) is 4.79 Å². The lowest BCUT2D eigenvalue weighted by atomic mass is 9.93. The molecular formula is C12H19ClN4O. The van der Waals surface area contributed by atoms with Crippen molar-refractivity contribution in [1.29, 1.82) is 0 Å². The van der Waals surface area contributed by atoms with E-state index in [0.717, 1.165) is 56.8 Å². The number of hydrogen-bond donors (Lipinski definition) is 2. The van der Waals surface area contributed by atoms with E-state index in [0.29, 0.717) is 0 Å². The zero-order chi connectivity index (χ0) is 11.7. The second kappa shape index (κ2) is 5.71. The molecule has 1 aliphatic carbocycles. The lowest BCUT2D eigenvalue weighted by Crippen LogP contribution is -2.45. The van der Waals surface area contributed by atoms with Gasteiger partial charge in [0.25, 0.3) is 5.56 Å². The lowest BCUT2D eigenvalue weighted by Gasteiger charge is -2.31. The molecule has 1 aromatic heterocycles. The van der Waals surface area contributed by atoms with Crippen LogP contribution in [0.2, 0.25) is 0 Å². The van der Waals surface area contributed by atoms with Crippen molar-refractivity contribution in [2.24, 2.45) is 0 Å². The number of hydrogen-bond acceptors (Lipinski definition) is 4. The topological polar surface area (TPSA) is 61.0 Å². The monoisotopic (exact) mass is 270 g/mol. The number of piperazine rings is 1. The number of halogens is 1. The summed E-state index contributed by atoms with van der Waals surface area (Å²) in [6.07, 6.45) is 4.22. The van der Waals surface area contributed by atoms with Crippen molar-refractivity contribution >= 4 is 18.2 Å². The Balaban J connectivity index is 0.00000120. The summed E-state index contributed by atoms with van der Waals surface area (Å²) in [7, 11) is 0. The quantitative estimate of drug-likeness (QED) is 0.779. The predicted molar refractivity (Wildman–Crippen MR) is 73.8 cm³/mol. The maximum atomic E-state index is 11.7. The smallest absolute Gasteiger partial charge is 0.267 e. The number of nitrogens with one attached hydrogen (secondary N) is 2. The first-order chi connectivity index (χ1) is 8.36. The maximum absolute atomic E-state index is 11.7. The van der Waals surface area contributed by atoms with Crippen LogP contribution < -0.4 is 15.8 Å². The van der Waals surface area contributed by atoms with Crippen LogP contribution in [0.1, 0.15) is 24.0 Å². The van der Waals surface area contributed by atoms with Crippen LogP contribution in [0, 0.1) is 0 Å². The third-order valence-electron chi connectivity index (χ3n) is 3.69. The summed E-state index contributed by atoms with van der Waals surface area (Å²) in [5.41, 5.74) is 2.18. The fourth-order valence-corrected chi connectivity index (χ4v) is 2.78. The van der Waals surface area contributed by atoms with Gasteiger partial charge in [-0.05, 0) is 25.7 Å². The van der Waals surface area contributed by atoms with Gasteiger partial charge in [-0.3, -0.25) is 4.79 Å².